The lowest BCUT2D eigenvalue weighted by Gasteiger charge is -2.03. The van der Waals surface area contributed by atoms with Crippen molar-refractivity contribution in [3.05, 3.63) is 23.0 Å². The highest BCUT2D eigenvalue weighted by Crippen LogP contribution is 2.22. The average Bonchev–Trinajstić information content (AvgIpc) is 2.64. The van der Waals surface area contributed by atoms with Crippen molar-refractivity contribution in [2.75, 3.05) is 14.2 Å². The van der Waals surface area contributed by atoms with Crippen molar-refractivity contribution in [2.24, 2.45) is 0 Å². The molecule has 0 radical (unpaired) electrons. The summed E-state index contributed by atoms with van der Waals surface area (Å²) in [6, 6.07) is 5.50. The summed E-state index contributed by atoms with van der Waals surface area (Å²) in [5.41, 5.74) is 0.839. The maximum absolute atomic E-state index is 11.3. The third-order valence-electron chi connectivity index (χ3n) is 2.42. The molecule has 98 valence electrons. The SMILES string of the molecule is Br.COC(=O)Cn1c(=N)sc2cc(OC)ccc21. The van der Waals surface area contributed by atoms with E-state index in [1.165, 1.54) is 18.4 Å². The molecule has 1 aromatic carbocycles. The molecule has 0 unspecified atom stereocenters. The number of fused-ring (bicyclic) bond motifs is 1. The number of methoxy groups -OCH3 is 2. The maximum Gasteiger partial charge on any atom is 0.325 e. The van der Waals surface area contributed by atoms with Crippen LogP contribution in [0, 0.1) is 5.41 Å². The third-order valence-corrected chi connectivity index (χ3v) is 3.39. The monoisotopic (exact) mass is 332 g/mol. The Labute approximate surface area is 118 Å². The van der Waals surface area contributed by atoms with Gasteiger partial charge in [-0.1, -0.05) is 11.3 Å². The number of carbonyl (C=O) groups excluding carboxylic acids is 1. The van der Waals surface area contributed by atoms with Gasteiger partial charge in [-0.15, -0.1) is 17.0 Å². The van der Waals surface area contributed by atoms with E-state index in [1.54, 1.807) is 11.7 Å². The molecule has 0 aliphatic heterocycles. The number of hydrogen-bond acceptors (Lipinski definition) is 5. The van der Waals surface area contributed by atoms with Gasteiger partial charge in [-0.2, -0.15) is 0 Å². The van der Waals surface area contributed by atoms with Gasteiger partial charge in [0.15, 0.2) is 4.80 Å². The van der Waals surface area contributed by atoms with Crippen LogP contribution in [0.5, 0.6) is 5.75 Å². The number of nitrogens with one attached hydrogen (secondary N) is 1. The second-order valence-electron chi connectivity index (χ2n) is 3.40. The molecule has 0 spiro atoms. The second kappa shape index (κ2) is 6.01. The standard InChI is InChI=1S/C11H12N2O3S.BrH/c1-15-7-3-4-8-9(5-7)17-11(12)13(8)6-10(14)16-2;/h3-5,12H,6H2,1-2H3;1H. The Balaban J connectivity index is 0.00000162. The van der Waals surface area contributed by atoms with Crippen molar-refractivity contribution < 1.29 is 14.3 Å². The van der Waals surface area contributed by atoms with Gasteiger partial charge in [-0.25, -0.2) is 0 Å². The number of halogens is 1. The van der Waals surface area contributed by atoms with Crippen LogP contribution in [0.1, 0.15) is 0 Å². The predicted octanol–water partition coefficient (Wildman–Crippen LogP) is 1.94. The Morgan fingerprint density at radius 3 is 2.78 bits per heavy atom. The van der Waals surface area contributed by atoms with Gasteiger partial charge in [0.2, 0.25) is 0 Å². The summed E-state index contributed by atoms with van der Waals surface area (Å²) in [4.78, 5) is 11.6. The highest BCUT2D eigenvalue weighted by molar-refractivity contribution is 8.93. The Kier molecular flexibility index (Phi) is 4.92. The number of thiazole rings is 1. The summed E-state index contributed by atoms with van der Waals surface area (Å²) in [5, 5.41) is 7.83. The first-order chi connectivity index (χ1) is 8.15. The van der Waals surface area contributed by atoms with Crippen LogP contribution in [0.25, 0.3) is 10.2 Å². The summed E-state index contributed by atoms with van der Waals surface area (Å²) >= 11 is 1.30. The highest BCUT2D eigenvalue weighted by Gasteiger charge is 2.10. The van der Waals surface area contributed by atoms with Crippen LogP contribution < -0.4 is 9.54 Å². The van der Waals surface area contributed by atoms with E-state index in [4.69, 9.17) is 10.1 Å². The Morgan fingerprint density at radius 2 is 2.17 bits per heavy atom. The van der Waals surface area contributed by atoms with E-state index in [0.29, 0.717) is 4.80 Å². The molecule has 1 N–H and O–H groups in total. The summed E-state index contributed by atoms with van der Waals surface area (Å²) in [6.07, 6.45) is 0. The molecule has 1 heterocycles. The minimum atomic E-state index is -0.362. The molecule has 0 bridgehead atoms. The molecule has 0 aliphatic carbocycles. The van der Waals surface area contributed by atoms with Crippen LogP contribution in [0.15, 0.2) is 18.2 Å². The van der Waals surface area contributed by atoms with Crippen LogP contribution in [0.2, 0.25) is 0 Å². The van der Waals surface area contributed by atoms with Crippen molar-refractivity contribution in [1.29, 1.82) is 5.41 Å². The lowest BCUT2D eigenvalue weighted by Crippen LogP contribution is -2.20. The Bertz CT molecular complexity index is 620. The number of nitrogens with zero attached hydrogens (tertiary/aromatic N) is 1. The minimum Gasteiger partial charge on any atom is -0.497 e. The zero-order chi connectivity index (χ0) is 12.4. The fourth-order valence-electron chi connectivity index (χ4n) is 1.55. The van der Waals surface area contributed by atoms with Gasteiger partial charge in [0, 0.05) is 0 Å². The van der Waals surface area contributed by atoms with Crippen LogP contribution >= 0.6 is 28.3 Å². The molecule has 2 aromatic rings. The van der Waals surface area contributed by atoms with E-state index < -0.39 is 0 Å². The predicted molar refractivity (Wildman–Crippen MR) is 74.6 cm³/mol. The minimum absolute atomic E-state index is 0. The van der Waals surface area contributed by atoms with E-state index in [0.717, 1.165) is 16.0 Å². The molecule has 18 heavy (non-hydrogen) atoms. The number of ether oxygens (including phenoxy) is 2. The first kappa shape index (κ1) is 14.7. The van der Waals surface area contributed by atoms with Crippen molar-refractivity contribution in [2.45, 2.75) is 6.54 Å². The Morgan fingerprint density at radius 1 is 1.44 bits per heavy atom. The third kappa shape index (κ3) is 2.73. The number of benzene rings is 1. The maximum atomic E-state index is 11.3. The zero-order valence-electron chi connectivity index (χ0n) is 9.93. The normalized spacial score (nSPS) is 9.89. The number of carbonyl (C=O) groups is 1. The van der Waals surface area contributed by atoms with Gasteiger partial charge < -0.3 is 14.0 Å². The van der Waals surface area contributed by atoms with Gasteiger partial charge in [-0.3, -0.25) is 10.2 Å². The molecule has 0 fully saturated rings. The van der Waals surface area contributed by atoms with E-state index >= 15 is 0 Å². The van der Waals surface area contributed by atoms with Crippen molar-refractivity contribution in [3.63, 3.8) is 0 Å². The summed E-state index contributed by atoms with van der Waals surface area (Å²) in [5.74, 6) is 0.378. The molecule has 2 rings (SSSR count). The average molecular weight is 333 g/mol. The van der Waals surface area contributed by atoms with Gasteiger partial charge in [0.25, 0.3) is 0 Å². The van der Waals surface area contributed by atoms with Gasteiger partial charge >= 0.3 is 5.97 Å². The first-order valence-electron chi connectivity index (χ1n) is 4.94. The number of esters is 1. The van der Waals surface area contributed by atoms with Crippen LogP contribution in [0.4, 0.5) is 0 Å². The molecule has 0 amide bonds. The lowest BCUT2D eigenvalue weighted by molar-refractivity contribution is -0.141. The van der Waals surface area contributed by atoms with E-state index in [1.807, 2.05) is 18.2 Å². The smallest absolute Gasteiger partial charge is 0.325 e. The Hall–Kier alpha value is -1.34. The molecule has 0 saturated heterocycles. The molecule has 7 heteroatoms. The van der Waals surface area contributed by atoms with Gasteiger partial charge in [0.05, 0.1) is 24.4 Å². The summed E-state index contributed by atoms with van der Waals surface area (Å²) in [7, 11) is 2.93. The fraction of sp³-hybridized carbons (Fsp3) is 0.273. The van der Waals surface area contributed by atoms with Gasteiger partial charge in [-0.05, 0) is 18.2 Å². The molecule has 0 aliphatic rings. The van der Waals surface area contributed by atoms with Crippen molar-refractivity contribution in [1.82, 2.24) is 4.57 Å². The highest BCUT2D eigenvalue weighted by atomic mass is 79.9. The quantitative estimate of drug-likeness (QED) is 0.873. The number of hydrogen-bond donors (Lipinski definition) is 1. The van der Waals surface area contributed by atoms with E-state index in [2.05, 4.69) is 4.74 Å². The topological polar surface area (TPSA) is 64.3 Å². The van der Waals surface area contributed by atoms with Gasteiger partial charge in [0.1, 0.15) is 12.3 Å². The number of rotatable bonds is 3. The van der Waals surface area contributed by atoms with Crippen molar-refractivity contribution in [3.8, 4) is 5.75 Å². The molecular weight excluding hydrogens is 320 g/mol. The molecular formula is C11H13BrN2O3S. The van der Waals surface area contributed by atoms with Crippen molar-refractivity contribution >= 4 is 44.5 Å². The lowest BCUT2D eigenvalue weighted by atomic mass is 10.3. The molecule has 5 nitrogen and oxygen atoms in total. The molecule has 0 atom stereocenters. The molecule has 0 saturated carbocycles. The van der Waals surface area contributed by atoms with E-state index in [9.17, 15) is 4.79 Å². The van der Waals surface area contributed by atoms with E-state index in [-0.39, 0.29) is 29.5 Å². The summed E-state index contributed by atoms with van der Waals surface area (Å²) < 4.78 is 12.3. The number of aromatic nitrogens is 1. The second-order valence-corrected chi connectivity index (χ2v) is 4.43. The van der Waals surface area contributed by atoms with Crippen LogP contribution in [-0.4, -0.2) is 24.8 Å². The first-order valence-corrected chi connectivity index (χ1v) is 5.76. The zero-order valence-corrected chi connectivity index (χ0v) is 12.5. The summed E-state index contributed by atoms with van der Waals surface area (Å²) in [6.45, 7) is 0.0572. The molecule has 1 aromatic heterocycles. The fourth-order valence-corrected chi connectivity index (χ4v) is 2.48. The van der Waals surface area contributed by atoms with Crippen LogP contribution in [-0.2, 0) is 16.1 Å². The van der Waals surface area contributed by atoms with Crippen LogP contribution in [0.3, 0.4) is 0 Å². The largest absolute Gasteiger partial charge is 0.497 e.